The summed E-state index contributed by atoms with van der Waals surface area (Å²) in [6, 6.07) is 0. The average Bonchev–Trinajstić information content (AvgIpc) is 3.00. The third kappa shape index (κ3) is 2.99. The van der Waals surface area contributed by atoms with Gasteiger partial charge in [0.05, 0.1) is 30.9 Å². The quantitative estimate of drug-likeness (QED) is 0.842. The highest BCUT2D eigenvalue weighted by Crippen LogP contribution is 2.36. The molecule has 4 rings (SSSR count). The van der Waals surface area contributed by atoms with Crippen molar-refractivity contribution >= 4 is 17.2 Å². The summed E-state index contributed by atoms with van der Waals surface area (Å²) in [7, 11) is 0. The molecule has 1 atom stereocenters. The Bertz CT molecular complexity index is 730. The van der Waals surface area contributed by atoms with Gasteiger partial charge < -0.3 is 14.4 Å². The maximum absolute atomic E-state index is 12.4. The number of likely N-dealkylation sites (tertiary alicyclic amines) is 1. The lowest BCUT2D eigenvalue weighted by atomic mass is 9.84. The molecule has 2 aromatic rings. The fraction of sp³-hybridized carbons (Fsp3) is 0.500. The summed E-state index contributed by atoms with van der Waals surface area (Å²) in [5.41, 5.74) is 0.224. The van der Waals surface area contributed by atoms with Gasteiger partial charge in [-0.15, -0.1) is 11.3 Å². The first-order valence-electron chi connectivity index (χ1n) is 7.92. The van der Waals surface area contributed by atoms with E-state index in [9.17, 15) is 4.79 Å². The zero-order valence-electron chi connectivity index (χ0n) is 13.3. The van der Waals surface area contributed by atoms with Crippen molar-refractivity contribution in [1.82, 2.24) is 19.9 Å². The van der Waals surface area contributed by atoms with Crippen LogP contribution in [0.5, 0.6) is 5.88 Å². The molecule has 2 fully saturated rings. The molecule has 4 heterocycles. The average molecular weight is 346 g/mol. The molecule has 2 saturated heterocycles. The summed E-state index contributed by atoms with van der Waals surface area (Å²) in [4.78, 5) is 26.6. The van der Waals surface area contributed by atoms with Gasteiger partial charge in [-0.05, 0) is 6.92 Å². The summed E-state index contributed by atoms with van der Waals surface area (Å²) in [6.45, 7) is 3.70. The molecular weight excluding hydrogens is 328 g/mol. The van der Waals surface area contributed by atoms with Gasteiger partial charge in [-0.2, -0.15) is 0 Å². The molecule has 0 aromatic carbocycles. The van der Waals surface area contributed by atoms with E-state index in [2.05, 4.69) is 15.0 Å². The smallest absolute Gasteiger partial charge is 0.273 e. The molecular formula is C16H18N4O3S. The molecule has 1 spiro atoms. The third-order valence-electron chi connectivity index (χ3n) is 4.36. The van der Waals surface area contributed by atoms with Crippen molar-refractivity contribution < 1.29 is 14.3 Å². The van der Waals surface area contributed by atoms with E-state index in [0.29, 0.717) is 31.3 Å². The lowest BCUT2D eigenvalue weighted by Crippen LogP contribution is -2.67. The van der Waals surface area contributed by atoms with E-state index in [1.165, 1.54) is 11.3 Å². The van der Waals surface area contributed by atoms with E-state index >= 15 is 0 Å². The molecule has 2 aliphatic heterocycles. The minimum absolute atomic E-state index is 0.0226. The highest BCUT2D eigenvalue weighted by Gasteiger charge is 2.50. The lowest BCUT2D eigenvalue weighted by molar-refractivity contribution is -0.174. The van der Waals surface area contributed by atoms with Crippen LogP contribution in [0.1, 0.15) is 28.3 Å². The number of carbonyl (C=O) groups is 1. The van der Waals surface area contributed by atoms with Crippen molar-refractivity contribution in [3.8, 4) is 5.88 Å². The Hall–Kier alpha value is -2.06. The molecule has 7 nitrogen and oxygen atoms in total. The normalized spacial score (nSPS) is 22.2. The number of thiazole rings is 1. The SMILES string of the molecule is Cc1nc(C(=O)N2CC3(CC(Oc4cnccn4)CCO3)C2)cs1. The topological polar surface area (TPSA) is 77.4 Å². The highest BCUT2D eigenvalue weighted by atomic mass is 32.1. The number of carbonyl (C=O) groups excluding carboxylic acids is 1. The van der Waals surface area contributed by atoms with Gasteiger partial charge in [-0.3, -0.25) is 9.78 Å². The number of rotatable bonds is 3. The number of hydrogen-bond donors (Lipinski definition) is 0. The van der Waals surface area contributed by atoms with Gasteiger partial charge in [0.15, 0.2) is 0 Å². The van der Waals surface area contributed by atoms with Crippen LogP contribution < -0.4 is 4.74 Å². The van der Waals surface area contributed by atoms with Crippen molar-refractivity contribution in [3.63, 3.8) is 0 Å². The molecule has 2 aliphatic rings. The van der Waals surface area contributed by atoms with Crippen molar-refractivity contribution in [3.05, 3.63) is 34.7 Å². The maximum Gasteiger partial charge on any atom is 0.273 e. The number of ether oxygens (including phenoxy) is 2. The monoisotopic (exact) mass is 346 g/mol. The first kappa shape index (κ1) is 15.5. The van der Waals surface area contributed by atoms with Crippen molar-refractivity contribution in [2.45, 2.75) is 31.5 Å². The predicted molar refractivity (Wildman–Crippen MR) is 87.1 cm³/mol. The van der Waals surface area contributed by atoms with E-state index < -0.39 is 0 Å². The summed E-state index contributed by atoms with van der Waals surface area (Å²) in [6.07, 6.45) is 6.46. The molecule has 0 N–H and O–H groups in total. The lowest BCUT2D eigenvalue weighted by Gasteiger charge is -2.52. The van der Waals surface area contributed by atoms with Gasteiger partial charge in [-0.25, -0.2) is 9.97 Å². The second-order valence-corrected chi connectivity index (χ2v) is 7.28. The van der Waals surface area contributed by atoms with Crippen LogP contribution in [0.3, 0.4) is 0 Å². The Morgan fingerprint density at radius 3 is 3.04 bits per heavy atom. The van der Waals surface area contributed by atoms with Crippen molar-refractivity contribution in [2.75, 3.05) is 19.7 Å². The molecule has 0 radical (unpaired) electrons. The molecule has 8 heteroatoms. The van der Waals surface area contributed by atoms with Crippen LogP contribution in [0.2, 0.25) is 0 Å². The van der Waals surface area contributed by atoms with E-state index in [-0.39, 0.29) is 17.6 Å². The fourth-order valence-corrected chi connectivity index (χ4v) is 3.82. The van der Waals surface area contributed by atoms with Crippen molar-refractivity contribution in [2.24, 2.45) is 0 Å². The van der Waals surface area contributed by atoms with Crippen LogP contribution in [0.15, 0.2) is 24.0 Å². The predicted octanol–water partition coefficient (Wildman–Crippen LogP) is 1.69. The van der Waals surface area contributed by atoms with E-state index in [1.807, 2.05) is 12.3 Å². The molecule has 0 aliphatic carbocycles. The minimum Gasteiger partial charge on any atom is -0.473 e. The van der Waals surface area contributed by atoms with Crippen LogP contribution in [-0.4, -0.2) is 57.2 Å². The van der Waals surface area contributed by atoms with Gasteiger partial charge in [-0.1, -0.05) is 0 Å². The maximum atomic E-state index is 12.4. The van der Waals surface area contributed by atoms with Gasteiger partial charge in [0, 0.05) is 30.6 Å². The Balaban J connectivity index is 1.36. The summed E-state index contributed by atoms with van der Waals surface area (Å²) < 4.78 is 11.9. The van der Waals surface area contributed by atoms with Crippen LogP contribution >= 0.6 is 11.3 Å². The molecule has 1 unspecified atom stereocenters. The number of aromatic nitrogens is 3. The Morgan fingerprint density at radius 1 is 1.46 bits per heavy atom. The molecule has 0 bridgehead atoms. The third-order valence-corrected chi connectivity index (χ3v) is 5.13. The molecule has 1 amide bonds. The largest absolute Gasteiger partial charge is 0.473 e. The molecule has 24 heavy (non-hydrogen) atoms. The minimum atomic E-state index is -0.300. The Kier molecular flexibility index (Phi) is 3.93. The Morgan fingerprint density at radius 2 is 2.33 bits per heavy atom. The highest BCUT2D eigenvalue weighted by molar-refractivity contribution is 7.09. The number of amides is 1. The molecule has 126 valence electrons. The number of hydrogen-bond acceptors (Lipinski definition) is 7. The van der Waals surface area contributed by atoms with Crippen molar-refractivity contribution in [1.29, 1.82) is 0 Å². The second-order valence-electron chi connectivity index (χ2n) is 6.22. The zero-order valence-corrected chi connectivity index (χ0v) is 14.2. The van der Waals surface area contributed by atoms with E-state index in [4.69, 9.17) is 9.47 Å². The van der Waals surface area contributed by atoms with E-state index in [0.717, 1.165) is 17.8 Å². The number of nitrogens with zero attached hydrogens (tertiary/aromatic N) is 4. The number of aryl methyl sites for hydroxylation is 1. The van der Waals surface area contributed by atoms with Crippen LogP contribution in [-0.2, 0) is 4.74 Å². The van der Waals surface area contributed by atoms with E-state index in [1.54, 1.807) is 23.5 Å². The summed E-state index contributed by atoms with van der Waals surface area (Å²) in [5, 5.41) is 2.71. The van der Waals surface area contributed by atoms with Gasteiger partial charge in [0.1, 0.15) is 17.4 Å². The molecule has 0 saturated carbocycles. The zero-order chi connectivity index (χ0) is 16.6. The van der Waals surface area contributed by atoms with Gasteiger partial charge in [0.2, 0.25) is 5.88 Å². The van der Waals surface area contributed by atoms with Gasteiger partial charge >= 0.3 is 0 Å². The van der Waals surface area contributed by atoms with Crippen LogP contribution in [0.25, 0.3) is 0 Å². The fourth-order valence-electron chi connectivity index (χ4n) is 3.24. The first-order chi connectivity index (χ1) is 11.6. The summed E-state index contributed by atoms with van der Waals surface area (Å²) >= 11 is 1.49. The molecule has 2 aromatic heterocycles. The Labute approximate surface area is 143 Å². The second kappa shape index (κ2) is 6.10. The van der Waals surface area contributed by atoms with Crippen LogP contribution in [0, 0.1) is 6.92 Å². The van der Waals surface area contributed by atoms with Crippen LogP contribution in [0.4, 0.5) is 0 Å². The standard InChI is InChI=1S/C16H18N4O3S/c1-11-19-13(8-24-11)15(21)20-9-16(10-20)6-12(2-5-22-16)23-14-7-17-3-4-18-14/h3-4,7-8,12H,2,5-6,9-10H2,1H3. The van der Waals surface area contributed by atoms with Gasteiger partial charge in [0.25, 0.3) is 5.91 Å². The first-order valence-corrected chi connectivity index (χ1v) is 8.80. The summed E-state index contributed by atoms with van der Waals surface area (Å²) in [5.74, 6) is 0.510.